The molecule has 5 heteroatoms. The van der Waals surface area contributed by atoms with Crippen molar-refractivity contribution >= 4 is 29.0 Å². The van der Waals surface area contributed by atoms with Gasteiger partial charge >= 0.3 is 0 Å². The van der Waals surface area contributed by atoms with Gasteiger partial charge in [0, 0.05) is 22.0 Å². The second-order valence-electron chi connectivity index (χ2n) is 4.34. The predicted molar refractivity (Wildman–Crippen MR) is 77.5 cm³/mol. The molecular formula is C14H14ClN3O. The molecule has 0 aliphatic rings. The molecule has 1 heterocycles. The van der Waals surface area contributed by atoms with Gasteiger partial charge in [-0.2, -0.15) is 0 Å². The SMILES string of the molecule is Cc1cc(C(=O)Nc2ccc(C)c(Cl)c2)cc(N)n1. The third-order valence-corrected chi connectivity index (χ3v) is 3.07. The van der Waals surface area contributed by atoms with Crippen LogP contribution < -0.4 is 11.1 Å². The number of nitrogen functional groups attached to an aromatic ring is 1. The number of nitrogens with zero attached hydrogens (tertiary/aromatic N) is 1. The first-order chi connectivity index (χ1) is 8.95. The molecule has 0 atom stereocenters. The Hall–Kier alpha value is -2.07. The van der Waals surface area contributed by atoms with Gasteiger partial charge in [-0.1, -0.05) is 17.7 Å². The van der Waals surface area contributed by atoms with Gasteiger partial charge < -0.3 is 11.1 Å². The number of pyridine rings is 1. The third kappa shape index (κ3) is 3.23. The molecule has 0 spiro atoms. The van der Waals surface area contributed by atoms with Crippen molar-refractivity contribution in [1.82, 2.24) is 4.98 Å². The summed E-state index contributed by atoms with van der Waals surface area (Å²) in [5, 5.41) is 3.39. The van der Waals surface area contributed by atoms with E-state index < -0.39 is 0 Å². The standard InChI is InChI=1S/C14H14ClN3O/c1-8-3-4-11(7-12(8)15)18-14(19)10-5-9(2)17-13(16)6-10/h3-7H,1-2H3,(H2,16,17)(H,18,19). The minimum atomic E-state index is -0.239. The summed E-state index contributed by atoms with van der Waals surface area (Å²) < 4.78 is 0. The van der Waals surface area contributed by atoms with Crippen LogP contribution in [0.15, 0.2) is 30.3 Å². The molecule has 0 fully saturated rings. The number of nitrogens with two attached hydrogens (primary N) is 1. The second-order valence-corrected chi connectivity index (χ2v) is 4.75. The summed E-state index contributed by atoms with van der Waals surface area (Å²) in [6.45, 7) is 3.69. The molecule has 1 aromatic heterocycles. The maximum absolute atomic E-state index is 12.1. The molecule has 1 amide bonds. The lowest BCUT2D eigenvalue weighted by molar-refractivity contribution is 0.102. The highest BCUT2D eigenvalue weighted by Crippen LogP contribution is 2.20. The predicted octanol–water partition coefficient (Wildman–Crippen LogP) is 3.19. The van der Waals surface area contributed by atoms with Crippen LogP contribution >= 0.6 is 11.6 Å². The number of carbonyl (C=O) groups excluding carboxylic acids is 1. The molecule has 1 aromatic carbocycles. The Bertz CT molecular complexity index is 620. The maximum Gasteiger partial charge on any atom is 0.255 e. The van der Waals surface area contributed by atoms with Gasteiger partial charge in [-0.15, -0.1) is 0 Å². The van der Waals surface area contributed by atoms with E-state index in [1.807, 2.05) is 13.0 Å². The van der Waals surface area contributed by atoms with Crippen LogP contribution in [0.4, 0.5) is 11.5 Å². The molecular weight excluding hydrogens is 262 g/mol. The van der Waals surface area contributed by atoms with E-state index >= 15 is 0 Å². The first kappa shape index (κ1) is 13.4. The Balaban J connectivity index is 2.22. The molecule has 19 heavy (non-hydrogen) atoms. The number of anilines is 2. The zero-order valence-corrected chi connectivity index (χ0v) is 11.5. The molecule has 0 unspecified atom stereocenters. The molecule has 0 saturated heterocycles. The first-order valence-electron chi connectivity index (χ1n) is 5.77. The van der Waals surface area contributed by atoms with Crippen molar-refractivity contribution in [3.63, 3.8) is 0 Å². The van der Waals surface area contributed by atoms with E-state index in [1.54, 1.807) is 25.1 Å². The van der Waals surface area contributed by atoms with Crippen molar-refractivity contribution in [2.45, 2.75) is 13.8 Å². The fraction of sp³-hybridized carbons (Fsp3) is 0.143. The van der Waals surface area contributed by atoms with Gasteiger partial charge in [-0.3, -0.25) is 4.79 Å². The van der Waals surface area contributed by atoms with Crippen molar-refractivity contribution in [3.05, 3.63) is 52.2 Å². The lowest BCUT2D eigenvalue weighted by atomic mass is 10.2. The Labute approximate surface area is 116 Å². The molecule has 0 radical (unpaired) electrons. The van der Waals surface area contributed by atoms with Gasteiger partial charge in [-0.25, -0.2) is 4.98 Å². The molecule has 3 N–H and O–H groups in total. The normalized spacial score (nSPS) is 10.3. The van der Waals surface area contributed by atoms with Gasteiger partial charge in [-0.05, 0) is 43.7 Å². The van der Waals surface area contributed by atoms with E-state index in [0.717, 1.165) is 5.56 Å². The minimum absolute atomic E-state index is 0.239. The number of aryl methyl sites for hydroxylation is 2. The van der Waals surface area contributed by atoms with Crippen molar-refractivity contribution in [3.8, 4) is 0 Å². The largest absolute Gasteiger partial charge is 0.384 e. The van der Waals surface area contributed by atoms with E-state index in [2.05, 4.69) is 10.3 Å². The summed E-state index contributed by atoms with van der Waals surface area (Å²) in [6, 6.07) is 8.59. The summed E-state index contributed by atoms with van der Waals surface area (Å²) in [7, 11) is 0. The fourth-order valence-electron chi connectivity index (χ4n) is 1.70. The average molecular weight is 276 g/mol. The Kier molecular flexibility index (Phi) is 3.71. The van der Waals surface area contributed by atoms with Crippen LogP contribution in [0.1, 0.15) is 21.6 Å². The van der Waals surface area contributed by atoms with Crippen LogP contribution in [0, 0.1) is 13.8 Å². The molecule has 0 bridgehead atoms. The van der Waals surface area contributed by atoms with Crippen molar-refractivity contribution < 1.29 is 4.79 Å². The quantitative estimate of drug-likeness (QED) is 0.884. The van der Waals surface area contributed by atoms with Crippen LogP contribution in [0.5, 0.6) is 0 Å². The van der Waals surface area contributed by atoms with Crippen molar-refractivity contribution in [2.24, 2.45) is 0 Å². The van der Waals surface area contributed by atoms with Gasteiger partial charge in [0.15, 0.2) is 0 Å². The summed E-state index contributed by atoms with van der Waals surface area (Å²) in [5.74, 6) is 0.0872. The first-order valence-corrected chi connectivity index (χ1v) is 6.15. The van der Waals surface area contributed by atoms with Crippen molar-refractivity contribution in [2.75, 3.05) is 11.1 Å². The highest BCUT2D eigenvalue weighted by Gasteiger charge is 2.08. The monoisotopic (exact) mass is 275 g/mol. The Morgan fingerprint density at radius 1 is 1.26 bits per heavy atom. The molecule has 2 rings (SSSR count). The number of hydrogen-bond donors (Lipinski definition) is 2. The topological polar surface area (TPSA) is 68.0 Å². The van der Waals surface area contributed by atoms with Crippen LogP contribution in [-0.4, -0.2) is 10.9 Å². The third-order valence-electron chi connectivity index (χ3n) is 2.67. The van der Waals surface area contributed by atoms with Crippen LogP contribution in [0.25, 0.3) is 0 Å². The van der Waals surface area contributed by atoms with E-state index in [0.29, 0.717) is 27.8 Å². The lowest BCUT2D eigenvalue weighted by Gasteiger charge is -2.08. The summed E-state index contributed by atoms with van der Waals surface area (Å²) in [5.41, 5.74) is 8.41. The van der Waals surface area contributed by atoms with Crippen LogP contribution in [0.2, 0.25) is 5.02 Å². The molecule has 2 aromatic rings. The van der Waals surface area contributed by atoms with E-state index in [1.165, 1.54) is 6.07 Å². The van der Waals surface area contributed by atoms with Gasteiger partial charge in [0.05, 0.1) is 0 Å². The maximum atomic E-state index is 12.1. The molecule has 98 valence electrons. The summed E-state index contributed by atoms with van der Waals surface area (Å²) >= 11 is 6.01. The fourth-order valence-corrected chi connectivity index (χ4v) is 1.88. The summed E-state index contributed by atoms with van der Waals surface area (Å²) in [6.07, 6.45) is 0. The number of hydrogen-bond acceptors (Lipinski definition) is 3. The number of rotatable bonds is 2. The zero-order valence-electron chi connectivity index (χ0n) is 10.7. The van der Waals surface area contributed by atoms with E-state index in [-0.39, 0.29) is 5.91 Å². The number of benzene rings is 1. The zero-order chi connectivity index (χ0) is 14.0. The Morgan fingerprint density at radius 3 is 2.63 bits per heavy atom. The molecule has 0 aliphatic carbocycles. The Morgan fingerprint density at radius 2 is 2.00 bits per heavy atom. The second kappa shape index (κ2) is 5.28. The van der Waals surface area contributed by atoms with E-state index in [9.17, 15) is 4.79 Å². The number of halogens is 1. The van der Waals surface area contributed by atoms with Crippen LogP contribution in [0.3, 0.4) is 0 Å². The van der Waals surface area contributed by atoms with Crippen LogP contribution in [-0.2, 0) is 0 Å². The van der Waals surface area contributed by atoms with Crippen molar-refractivity contribution in [1.29, 1.82) is 0 Å². The lowest BCUT2D eigenvalue weighted by Crippen LogP contribution is -2.13. The van der Waals surface area contributed by atoms with Gasteiger partial charge in [0.2, 0.25) is 0 Å². The summed E-state index contributed by atoms with van der Waals surface area (Å²) in [4.78, 5) is 16.1. The number of carbonyl (C=O) groups is 1. The van der Waals surface area contributed by atoms with E-state index in [4.69, 9.17) is 17.3 Å². The number of nitrogens with one attached hydrogen (secondary N) is 1. The molecule has 4 nitrogen and oxygen atoms in total. The average Bonchev–Trinajstić information content (AvgIpc) is 2.32. The highest BCUT2D eigenvalue weighted by atomic mass is 35.5. The highest BCUT2D eigenvalue weighted by molar-refractivity contribution is 6.31. The van der Waals surface area contributed by atoms with Gasteiger partial charge in [0.25, 0.3) is 5.91 Å². The number of amides is 1. The number of aromatic nitrogens is 1. The smallest absolute Gasteiger partial charge is 0.255 e. The minimum Gasteiger partial charge on any atom is -0.384 e. The molecule has 0 saturated carbocycles. The van der Waals surface area contributed by atoms with Gasteiger partial charge in [0.1, 0.15) is 5.82 Å². The molecule has 0 aliphatic heterocycles.